The van der Waals surface area contributed by atoms with Gasteiger partial charge in [-0.15, -0.1) is 10.2 Å². The summed E-state index contributed by atoms with van der Waals surface area (Å²) in [7, 11) is 0. The Bertz CT molecular complexity index is 683. The molecule has 0 bridgehead atoms. The molecule has 0 aliphatic carbocycles. The van der Waals surface area contributed by atoms with Gasteiger partial charge in [0.05, 0.1) is 11.5 Å². The fourth-order valence-corrected chi connectivity index (χ4v) is 2.42. The summed E-state index contributed by atoms with van der Waals surface area (Å²) in [4.78, 5) is 11.1. The number of rotatable bonds is 2. The van der Waals surface area contributed by atoms with Crippen LogP contribution in [-0.4, -0.2) is 30.9 Å². The summed E-state index contributed by atoms with van der Waals surface area (Å²) in [6.07, 6.45) is 1.00. The molecule has 0 fully saturated rings. The maximum absolute atomic E-state index is 13.3. The average Bonchev–Trinajstić information content (AvgIpc) is 2.84. The first-order chi connectivity index (χ1) is 9.56. The van der Waals surface area contributed by atoms with Gasteiger partial charge in [0.25, 0.3) is 0 Å². The van der Waals surface area contributed by atoms with Crippen molar-refractivity contribution in [3.63, 3.8) is 0 Å². The van der Waals surface area contributed by atoms with Crippen molar-refractivity contribution in [2.24, 2.45) is 5.92 Å². The van der Waals surface area contributed by atoms with E-state index >= 15 is 0 Å². The lowest BCUT2D eigenvalue weighted by Gasteiger charge is -2.21. The molecule has 0 radical (unpaired) electrons. The van der Waals surface area contributed by atoms with Crippen LogP contribution >= 0.6 is 0 Å². The molecule has 6 nitrogen and oxygen atoms in total. The van der Waals surface area contributed by atoms with Gasteiger partial charge in [-0.1, -0.05) is 0 Å². The lowest BCUT2D eigenvalue weighted by Crippen LogP contribution is -2.27. The normalized spacial score (nSPS) is 17.8. The van der Waals surface area contributed by atoms with Gasteiger partial charge < -0.3 is 14.8 Å². The number of carbonyl (C=O) groups is 1. The van der Waals surface area contributed by atoms with Crippen molar-refractivity contribution in [1.29, 1.82) is 0 Å². The first-order valence-electron chi connectivity index (χ1n) is 6.20. The highest BCUT2D eigenvalue weighted by Crippen LogP contribution is 2.31. The number of benzene rings is 1. The van der Waals surface area contributed by atoms with Crippen LogP contribution in [0.5, 0.6) is 5.75 Å². The fourth-order valence-electron chi connectivity index (χ4n) is 2.42. The summed E-state index contributed by atoms with van der Waals surface area (Å²) >= 11 is 0. The molecule has 1 aliphatic heterocycles. The number of nitrogens with zero attached hydrogens (tertiary/aromatic N) is 3. The number of aryl methyl sites for hydroxylation is 1. The number of aromatic nitrogens is 3. The van der Waals surface area contributed by atoms with E-state index in [0.717, 1.165) is 12.1 Å². The van der Waals surface area contributed by atoms with E-state index in [1.54, 1.807) is 4.57 Å². The number of hydrogen-bond donors (Lipinski definition) is 2. The molecule has 0 saturated carbocycles. The van der Waals surface area contributed by atoms with Gasteiger partial charge in [0.1, 0.15) is 17.4 Å². The maximum Gasteiger partial charge on any atom is 0.308 e. The number of halogens is 1. The van der Waals surface area contributed by atoms with Crippen molar-refractivity contribution in [3.8, 4) is 17.1 Å². The quantitative estimate of drug-likeness (QED) is 0.867. The third-order valence-corrected chi connectivity index (χ3v) is 3.50. The minimum absolute atomic E-state index is 0.112. The number of carboxylic acid groups (broad SMARTS) is 1. The van der Waals surface area contributed by atoms with Gasteiger partial charge in [0.15, 0.2) is 5.82 Å². The molecule has 1 unspecified atom stereocenters. The summed E-state index contributed by atoms with van der Waals surface area (Å²) < 4.78 is 14.9. The third kappa shape index (κ3) is 2.01. The molecule has 1 atom stereocenters. The van der Waals surface area contributed by atoms with Gasteiger partial charge in [-0.3, -0.25) is 4.79 Å². The van der Waals surface area contributed by atoms with E-state index in [-0.39, 0.29) is 17.9 Å². The predicted molar refractivity (Wildman–Crippen MR) is 66.5 cm³/mol. The van der Waals surface area contributed by atoms with Gasteiger partial charge in [0, 0.05) is 13.0 Å². The Labute approximate surface area is 113 Å². The van der Waals surface area contributed by atoms with Crippen LogP contribution in [0.2, 0.25) is 0 Å². The van der Waals surface area contributed by atoms with Gasteiger partial charge in [0.2, 0.25) is 0 Å². The van der Waals surface area contributed by atoms with E-state index in [1.165, 1.54) is 6.07 Å². The van der Waals surface area contributed by atoms with E-state index in [0.29, 0.717) is 24.5 Å². The third-order valence-electron chi connectivity index (χ3n) is 3.50. The maximum atomic E-state index is 13.3. The minimum atomic E-state index is -0.876. The lowest BCUT2D eigenvalue weighted by molar-refractivity contribution is -0.142. The van der Waals surface area contributed by atoms with Crippen LogP contribution < -0.4 is 0 Å². The molecule has 0 amide bonds. The number of fused-ring (bicyclic) bond motifs is 1. The number of phenolic OH excluding ortho intramolecular Hbond substituents is 1. The average molecular weight is 277 g/mol. The minimum Gasteiger partial charge on any atom is -0.507 e. The SMILES string of the molecule is O=C(O)C1CCc2nnc(-c3cc(F)ccc3O)n2C1. The summed E-state index contributed by atoms with van der Waals surface area (Å²) in [5.41, 5.74) is 0.217. The smallest absolute Gasteiger partial charge is 0.308 e. The van der Waals surface area contributed by atoms with Crippen LogP contribution in [0.4, 0.5) is 4.39 Å². The molecule has 0 saturated heterocycles. The van der Waals surface area contributed by atoms with Crippen molar-refractivity contribution in [1.82, 2.24) is 14.8 Å². The van der Waals surface area contributed by atoms with Crippen LogP contribution in [0.25, 0.3) is 11.4 Å². The van der Waals surface area contributed by atoms with Gasteiger partial charge in [-0.25, -0.2) is 4.39 Å². The van der Waals surface area contributed by atoms with Crippen LogP contribution in [0.3, 0.4) is 0 Å². The Hall–Kier alpha value is -2.44. The zero-order valence-electron chi connectivity index (χ0n) is 10.5. The summed E-state index contributed by atoms with van der Waals surface area (Å²) in [6, 6.07) is 3.55. The second kappa shape index (κ2) is 4.59. The molecule has 20 heavy (non-hydrogen) atoms. The second-order valence-electron chi connectivity index (χ2n) is 4.79. The molecule has 2 aromatic rings. The molecule has 1 aromatic carbocycles. The Morgan fingerprint density at radius 3 is 2.95 bits per heavy atom. The summed E-state index contributed by atoms with van der Waals surface area (Å²) in [5.74, 6) is -1.06. The number of aliphatic carboxylic acids is 1. The molecular formula is C13H12FN3O3. The van der Waals surface area contributed by atoms with Gasteiger partial charge in [-0.05, 0) is 24.6 Å². The fraction of sp³-hybridized carbons (Fsp3) is 0.308. The number of phenols is 1. The van der Waals surface area contributed by atoms with E-state index < -0.39 is 17.7 Å². The largest absolute Gasteiger partial charge is 0.507 e. The van der Waals surface area contributed by atoms with Crippen LogP contribution in [0.1, 0.15) is 12.2 Å². The van der Waals surface area contributed by atoms with Crippen LogP contribution in [0, 0.1) is 11.7 Å². The Morgan fingerprint density at radius 1 is 1.40 bits per heavy atom. The number of hydrogen-bond acceptors (Lipinski definition) is 4. The number of carboxylic acids is 1. The summed E-state index contributed by atoms with van der Waals surface area (Å²) in [6.45, 7) is 0.225. The van der Waals surface area contributed by atoms with Crippen LogP contribution in [-0.2, 0) is 17.8 Å². The van der Waals surface area contributed by atoms with Crippen LogP contribution in [0.15, 0.2) is 18.2 Å². The zero-order valence-corrected chi connectivity index (χ0v) is 10.5. The van der Waals surface area contributed by atoms with E-state index in [2.05, 4.69) is 10.2 Å². The standard InChI is InChI=1S/C13H12FN3O3/c14-8-2-3-10(18)9(5-8)12-16-15-11-4-1-7(13(19)20)6-17(11)12/h2-3,5,7,18H,1,4,6H2,(H,19,20). The highest BCUT2D eigenvalue weighted by atomic mass is 19.1. The molecule has 1 aliphatic rings. The lowest BCUT2D eigenvalue weighted by atomic mass is 9.99. The topological polar surface area (TPSA) is 88.2 Å². The van der Waals surface area contributed by atoms with E-state index in [1.807, 2.05) is 0 Å². The van der Waals surface area contributed by atoms with Crippen molar-refractivity contribution < 1.29 is 19.4 Å². The molecule has 7 heteroatoms. The second-order valence-corrected chi connectivity index (χ2v) is 4.79. The Morgan fingerprint density at radius 2 is 2.20 bits per heavy atom. The highest BCUT2D eigenvalue weighted by molar-refractivity contribution is 5.70. The molecule has 2 heterocycles. The molecule has 104 valence electrons. The number of aromatic hydroxyl groups is 1. The molecule has 2 N–H and O–H groups in total. The molecule has 1 aromatic heterocycles. The molecule has 0 spiro atoms. The molecule has 3 rings (SSSR count). The first kappa shape index (κ1) is 12.6. The Balaban J connectivity index is 2.07. The van der Waals surface area contributed by atoms with Crippen molar-refractivity contribution in [3.05, 3.63) is 29.8 Å². The first-order valence-corrected chi connectivity index (χ1v) is 6.20. The van der Waals surface area contributed by atoms with Gasteiger partial charge >= 0.3 is 5.97 Å². The monoisotopic (exact) mass is 277 g/mol. The Kier molecular flexibility index (Phi) is 2.89. The highest BCUT2D eigenvalue weighted by Gasteiger charge is 2.28. The molecular weight excluding hydrogens is 265 g/mol. The van der Waals surface area contributed by atoms with Crippen molar-refractivity contribution >= 4 is 5.97 Å². The van der Waals surface area contributed by atoms with Gasteiger partial charge in [-0.2, -0.15) is 0 Å². The van der Waals surface area contributed by atoms with E-state index in [9.17, 15) is 14.3 Å². The summed E-state index contributed by atoms with van der Waals surface area (Å²) in [5, 5.41) is 26.9. The van der Waals surface area contributed by atoms with Crippen molar-refractivity contribution in [2.45, 2.75) is 19.4 Å². The van der Waals surface area contributed by atoms with Crippen molar-refractivity contribution in [2.75, 3.05) is 0 Å². The van der Waals surface area contributed by atoms with E-state index in [4.69, 9.17) is 5.11 Å². The predicted octanol–water partition coefficient (Wildman–Crippen LogP) is 1.44. The zero-order chi connectivity index (χ0) is 14.3.